The molecule has 0 saturated carbocycles. The monoisotopic (exact) mass is 463 g/mol. The van der Waals surface area contributed by atoms with Gasteiger partial charge in [0, 0.05) is 75.6 Å². The van der Waals surface area contributed by atoms with E-state index < -0.39 is 0 Å². The first-order valence-electron chi connectivity index (χ1n) is 11.7. The van der Waals surface area contributed by atoms with Gasteiger partial charge in [-0.05, 0) is 18.2 Å². The summed E-state index contributed by atoms with van der Waals surface area (Å²) < 4.78 is 25.0. The number of rotatable bonds is 6. The van der Waals surface area contributed by atoms with E-state index in [4.69, 9.17) is 14.5 Å². The molecule has 1 fully saturated rings. The van der Waals surface area contributed by atoms with Crippen molar-refractivity contribution in [2.75, 3.05) is 56.7 Å². The highest BCUT2D eigenvalue weighted by atomic mass is 19.1. The molecule has 2 aromatic carbocycles. The molecule has 0 radical (unpaired) electrons. The molecular weight excluding hydrogens is 433 g/mol. The molecule has 0 unspecified atom stereocenters. The fourth-order valence-electron chi connectivity index (χ4n) is 4.73. The molecule has 0 amide bonds. The second kappa shape index (κ2) is 9.85. The lowest BCUT2D eigenvalue weighted by Gasteiger charge is -2.36. The lowest BCUT2D eigenvalue weighted by Crippen LogP contribution is -2.47. The first-order chi connectivity index (χ1) is 16.6. The van der Waals surface area contributed by atoms with Gasteiger partial charge in [0.25, 0.3) is 0 Å². The lowest BCUT2D eigenvalue weighted by molar-refractivity contribution is 0.239. The van der Waals surface area contributed by atoms with Crippen molar-refractivity contribution in [1.82, 2.24) is 14.9 Å². The van der Waals surface area contributed by atoms with Gasteiger partial charge in [0.15, 0.2) is 0 Å². The highest BCUT2D eigenvalue weighted by Crippen LogP contribution is 2.28. The Morgan fingerprint density at radius 3 is 2.50 bits per heavy atom. The van der Waals surface area contributed by atoms with E-state index in [1.54, 1.807) is 20.3 Å². The van der Waals surface area contributed by atoms with Crippen LogP contribution in [0.25, 0.3) is 0 Å². The van der Waals surface area contributed by atoms with Crippen LogP contribution in [0.3, 0.4) is 0 Å². The van der Waals surface area contributed by atoms with Crippen LogP contribution in [0.1, 0.15) is 16.8 Å². The smallest absolute Gasteiger partial charge is 0.225 e. The minimum Gasteiger partial charge on any atom is -0.497 e. The van der Waals surface area contributed by atoms with Crippen LogP contribution in [0.15, 0.2) is 48.7 Å². The minimum absolute atomic E-state index is 0.169. The zero-order valence-electron chi connectivity index (χ0n) is 19.7. The van der Waals surface area contributed by atoms with Crippen LogP contribution in [0, 0.1) is 5.82 Å². The number of benzene rings is 2. The van der Waals surface area contributed by atoms with E-state index in [0.29, 0.717) is 5.69 Å². The van der Waals surface area contributed by atoms with Crippen LogP contribution in [0.5, 0.6) is 11.5 Å². The van der Waals surface area contributed by atoms with Gasteiger partial charge in [-0.3, -0.25) is 4.90 Å². The van der Waals surface area contributed by atoms with Crippen molar-refractivity contribution in [3.05, 3.63) is 71.3 Å². The van der Waals surface area contributed by atoms with Gasteiger partial charge in [0.05, 0.1) is 25.6 Å². The molecule has 2 aliphatic rings. The number of anilines is 2. The van der Waals surface area contributed by atoms with Crippen molar-refractivity contribution in [3.63, 3.8) is 0 Å². The van der Waals surface area contributed by atoms with Crippen LogP contribution in [-0.4, -0.2) is 61.8 Å². The average molecular weight is 464 g/mol. The Bertz CT molecular complexity index is 1150. The van der Waals surface area contributed by atoms with Gasteiger partial charge in [-0.2, -0.15) is 0 Å². The maximum atomic E-state index is 14.1. The maximum Gasteiger partial charge on any atom is 0.225 e. The Morgan fingerprint density at radius 2 is 1.74 bits per heavy atom. The summed E-state index contributed by atoms with van der Waals surface area (Å²) >= 11 is 0. The molecule has 1 aromatic heterocycles. The van der Waals surface area contributed by atoms with E-state index in [9.17, 15) is 4.39 Å². The molecule has 1 saturated heterocycles. The molecular formula is C26H30FN5O2. The van der Waals surface area contributed by atoms with Gasteiger partial charge in [-0.1, -0.05) is 18.2 Å². The van der Waals surface area contributed by atoms with Gasteiger partial charge >= 0.3 is 0 Å². The Labute approximate surface area is 199 Å². The first-order valence-corrected chi connectivity index (χ1v) is 11.7. The topological polar surface area (TPSA) is 54.0 Å². The van der Waals surface area contributed by atoms with E-state index in [2.05, 4.69) is 25.8 Å². The molecule has 0 spiro atoms. The van der Waals surface area contributed by atoms with Gasteiger partial charge in [0.1, 0.15) is 17.3 Å². The highest BCUT2D eigenvalue weighted by Gasteiger charge is 2.24. The highest BCUT2D eigenvalue weighted by molar-refractivity contribution is 5.49. The standard InChI is InChI=1S/C26H30FN5O2/c1-33-21-8-7-19(25(15-21)34-2)17-30-10-9-23-20(18-30)16-28-26(29-23)32-13-11-31(12-14-32)24-6-4-3-5-22(24)27/h3-8,15-16H,9-14,17-18H2,1-2H3. The lowest BCUT2D eigenvalue weighted by atomic mass is 10.1. The number of hydrogen-bond donors (Lipinski definition) is 0. The molecule has 2 aliphatic heterocycles. The summed E-state index contributed by atoms with van der Waals surface area (Å²) in [5.74, 6) is 2.24. The third-order valence-corrected chi connectivity index (χ3v) is 6.64. The molecule has 5 rings (SSSR count). The molecule has 0 atom stereocenters. The normalized spacial score (nSPS) is 16.3. The van der Waals surface area contributed by atoms with Crippen molar-refractivity contribution >= 4 is 11.6 Å². The quantitative estimate of drug-likeness (QED) is 0.555. The largest absolute Gasteiger partial charge is 0.497 e. The summed E-state index contributed by atoms with van der Waals surface area (Å²) in [6.07, 6.45) is 2.86. The van der Waals surface area contributed by atoms with Crippen molar-refractivity contribution in [2.45, 2.75) is 19.5 Å². The van der Waals surface area contributed by atoms with Crippen molar-refractivity contribution in [2.24, 2.45) is 0 Å². The number of fused-ring (bicyclic) bond motifs is 1. The van der Waals surface area contributed by atoms with Gasteiger partial charge < -0.3 is 19.3 Å². The van der Waals surface area contributed by atoms with Crippen molar-refractivity contribution < 1.29 is 13.9 Å². The minimum atomic E-state index is -0.169. The first kappa shape index (κ1) is 22.4. The number of aromatic nitrogens is 2. The Kier molecular flexibility index (Phi) is 6.49. The Morgan fingerprint density at radius 1 is 0.941 bits per heavy atom. The summed E-state index contributed by atoms with van der Waals surface area (Å²) in [6, 6.07) is 12.9. The summed E-state index contributed by atoms with van der Waals surface area (Å²) in [6.45, 7) is 5.59. The number of halogens is 1. The summed E-state index contributed by atoms with van der Waals surface area (Å²) in [4.78, 5) is 16.3. The van der Waals surface area contributed by atoms with Crippen molar-refractivity contribution in [1.29, 1.82) is 0 Å². The summed E-state index contributed by atoms with van der Waals surface area (Å²) in [5.41, 5.74) is 4.10. The van der Waals surface area contributed by atoms with E-state index in [1.165, 1.54) is 11.6 Å². The molecule has 0 aliphatic carbocycles. The van der Waals surface area contributed by atoms with Crippen molar-refractivity contribution in [3.8, 4) is 11.5 Å². The van der Waals surface area contributed by atoms with E-state index in [0.717, 1.165) is 80.9 Å². The second-order valence-corrected chi connectivity index (χ2v) is 8.71. The molecule has 0 N–H and O–H groups in total. The molecule has 34 heavy (non-hydrogen) atoms. The number of ether oxygens (including phenoxy) is 2. The predicted molar refractivity (Wildman–Crippen MR) is 130 cm³/mol. The van der Waals surface area contributed by atoms with Crippen LogP contribution < -0.4 is 19.3 Å². The second-order valence-electron chi connectivity index (χ2n) is 8.71. The SMILES string of the molecule is COc1ccc(CN2CCc3nc(N4CCN(c5ccccc5F)CC4)ncc3C2)c(OC)c1. The molecule has 3 heterocycles. The fourth-order valence-corrected chi connectivity index (χ4v) is 4.73. The van der Waals surface area contributed by atoms with Gasteiger partial charge in [0.2, 0.25) is 5.95 Å². The average Bonchev–Trinajstić information content (AvgIpc) is 2.89. The maximum absolute atomic E-state index is 14.1. The van der Waals surface area contributed by atoms with E-state index in [1.807, 2.05) is 30.5 Å². The third kappa shape index (κ3) is 4.63. The van der Waals surface area contributed by atoms with E-state index in [-0.39, 0.29) is 5.82 Å². The van der Waals surface area contributed by atoms with Crippen LogP contribution >= 0.6 is 0 Å². The number of hydrogen-bond acceptors (Lipinski definition) is 7. The number of methoxy groups -OCH3 is 2. The summed E-state index contributed by atoms with van der Waals surface area (Å²) in [7, 11) is 3.35. The van der Waals surface area contributed by atoms with Crippen LogP contribution in [-0.2, 0) is 19.5 Å². The van der Waals surface area contributed by atoms with Gasteiger partial charge in [-0.25, -0.2) is 14.4 Å². The van der Waals surface area contributed by atoms with Crippen LogP contribution in [0.4, 0.5) is 16.0 Å². The fraction of sp³-hybridized carbons (Fsp3) is 0.385. The molecule has 7 nitrogen and oxygen atoms in total. The number of piperazine rings is 1. The molecule has 3 aromatic rings. The zero-order valence-corrected chi connectivity index (χ0v) is 19.7. The number of nitrogens with zero attached hydrogens (tertiary/aromatic N) is 5. The predicted octanol–water partition coefficient (Wildman–Crippen LogP) is 3.52. The van der Waals surface area contributed by atoms with Crippen LogP contribution in [0.2, 0.25) is 0 Å². The van der Waals surface area contributed by atoms with E-state index >= 15 is 0 Å². The molecule has 8 heteroatoms. The third-order valence-electron chi connectivity index (χ3n) is 6.64. The zero-order chi connectivity index (χ0) is 23.5. The molecule has 178 valence electrons. The summed E-state index contributed by atoms with van der Waals surface area (Å²) in [5, 5.41) is 0. The number of para-hydroxylation sites is 1. The molecule has 0 bridgehead atoms. The van der Waals surface area contributed by atoms with Gasteiger partial charge in [-0.15, -0.1) is 0 Å². The Balaban J connectivity index is 1.22. The Hall–Kier alpha value is -3.39.